The molecular weight excluding hydrogens is 412 g/mol. The summed E-state index contributed by atoms with van der Waals surface area (Å²) in [6, 6.07) is 12.8. The largest absolute Gasteiger partial charge is 0.495 e. The molecule has 0 saturated heterocycles. The normalized spacial score (nSPS) is 15.0. The average Bonchev–Trinajstić information content (AvgIpc) is 2.73. The van der Waals surface area contributed by atoms with Crippen molar-refractivity contribution < 1.29 is 17.9 Å². The quantitative estimate of drug-likeness (QED) is 0.711. The zero-order valence-corrected chi connectivity index (χ0v) is 17.9. The Labute approximate surface area is 176 Å². The number of carbonyl (C=O) groups is 1. The Bertz CT molecular complexity index is 944. The van der Waals surface area contributed by atoms with E-state index in [0.29, 0.717) is 11.4 Å². The number of sulfonamides is 1. The minimum atomic E-state index is -3.95. The highest BCUT2D eigenvalue weighted by molar-refractivity contribution is 7.92. The van der Waals surface area contributed by atoms with E-state index in [0.717, 1.165) is 30.0 Å². The van der Waals surface area contributed by atoms with Gasteiger partial charge in [-0.25, -0.2) is 8.42 Å². The summed E-state index contributed by atoms with van der Waals surface area (Å²) in [5.41, 5.74) is 0.304. The first-order valence-corrected chi connectivity index (χ1v) is 11.4. The van der Waals surface area contributed by atoms with E-state index in [9.17, 15) is 13.2 Å². The van der Waals surface area contributed by atoms with Crippen molar-refractivity contribution in [1.82, 2.24) is 5.32 Å². The predicted molar refractivity (Wildman–Crippen MR) is 114 cm³/mol. The van der Waals surface area contributed by atoms with Crippen LogP contribution in [0.5, 0.6) is 5.75 Å². The molecule has 0 unspecified atom stereocenters. The molecule has 2 aromatic rings. The standard InChI is InChI=1S/C21H25ClN2O4S/c1-28-20-13-12-17(14-19(20)22)24(29(26,27)18-10-6-3-7-11-18)15-21(25)23-16-8-4-2-5-9-16/h3,6-7,10-14,16H,2,4-5,8-9,15H2,1H3,(H,23,25). The van der Waals surface area contributed by atoms with Crippen LogP contribution in [0, 0.1) is 0 Å². The molecule has 1 aliphatic rings. The van der Waals surface area contributed by atoms with Gasteiger partial charge in [-0.05, 0) is 43.2 Å². The summed E-state index contributed by atoms with van der Waals surface area (Å²) >= 11 is 6.21. The van der Waals surface area contributed by atoms with E-state index < -0.39 is 10.0 Å². The van der Waals surface area contributed by atoms with Gasteiger partial charge in [0.05, 0.1) is 22.7 Å². The Hall–Kier alpha value is -2.25. The number of benzene rings is 2. The Morgan fingerprint density at radius 1 is 1.14 bits per heavy atom. The number of nitrogens with zero attached hydrogens (tertiary/aromatic N) is 1. The molecular formula is C21H25ClN2O4S. The predicted octanol–water partition coefficient (Wildman–Crippen LogP) is 3.99. The third-order valence-corrected chi connectivity index (χ3v) is 7.10. The van der Waals surface area contributed by atoms with Gasteiger partial charge in [-0.1, -0.05) is 49.1 Å². The van der Waals surface area contributed by atoms with E-state index in [1.807, 2.05) is 0 Å². The van der Waals surface area contributed by atoms with Gasteiger partial charge in [0.15, 0.2) is 0 Å². The summed E-state index contributed by atoms with van der Waals surface area (Å²) in [5.74, 6) is 0.0995. The molecule has 0 bridgehead atoms. The number of amides is 1. The van der Waals surface area contributed by atoms with Crippen LogP contribution in [0.4, 0.5) is 5.69 Å². The third-order valence-electron chi connectivity index (χ3n) is 5.01. The average molecular weight is 437 g/mol. The van der Waals surface area contributed by atoms with Gasteiger partial charge >= 0.3 is 0 Å². The van der Waals surface area contributed by atoms with Crippen molar-refractivity contribution >= 4 is 33.2 Å². The van der Waals surface area contributed by atoms with Gasteiger partial charge in [0, 0.05) is 6.04 Å². The van der Waals surface area contributed by atoms with Crippen LogP contribution in [0.3, 0.4) is 0 Å². The minimum Gasteiger partial charge on any atom is -0.495 e. The number of halogens is 1. The number of anilines is 1. The third kappa shape index (κ3) is 5.22. The van der Waals surface area contributed by atoms with Crippen molar-refractivity contribution in [1.29, 1.82) is 0 Å². The lowest BCUT2D eigenvalue weighted by atomic mass is 9.95. The lowest BCUT2D eigenvalue weighted by molar-refractivity contribution is -0.120. The molecule has 8 heteroatoms. The lowest BCUT2D eigenvalue weighted by Gasteiger charge is -2.27. The monoisotopic (exact) mass is 436 g/mol. The molecule has 0 aromatic heterocycles. The maximum absolute atomic E-state index is 13.3. The number of ether oxygens (including phenoxy) is 1. The van der Waals surface area contributed by atoms with Gasteiger partial charge in [0.1, 0.15) is 12.3 Å². The van der Waals surface area contributed by atoms with Gasteiger partial charge < -0.3 is 10.1 Å². The molecule has 0 heterocycles. The van der Waals surface area contributed by atoms with Crippen LogP contribution in [0.1, 0.15) is 32.1 Å². The molecule has 156 valence electrons. The highest BCUT2D eigenvalue weighted by atomic mass is 35.5. The van der Waals surface area contributed by atoms with Crippen LogP contribution in [0.2, 0.25) is 5.02 Å². The van der Waals surface area contributed by atoms with Gasteiger partial charge in [0.25, 0.3) is 10.0 Å². The van der Waals surface area contributed by atoms with E-state index in [-0.39, 0.29) is 28.4 Å². The first-order valence-electron chi connectivity index (χ1n) is 9.62. The molecule has 0 aliphatic heterocycles. The maximum Gasteiger partial charge on any atom is 0.264 e. The zero-order chi connectivity index (χ0) is 20.9. The fourth-order valence-electron chi connectivity index (χ4n) is 3.50. The van der Waals surface area contributed by atoms with Crippen LogP contribution < -0.4 is 14.4 Å². The molecule has 0 spiro atoms. The van der Waals surface area contributed by atoms with Crippen molar-refractivity contribution in [2.45, 2.75) is 43.0 Å². The molecule has 3 rings (SSSR count). The topological polar surface area (TPSA) is 75.7 Å². The zero-order valence-electron chi connectivity index (χ0n) is 16.3. The summed E-state index contributed by atoms with van der Waals surface area (Å²) in [6.45, 7) is -0.323. The second-order valence-corrected chi connectivity index (χ2v) is 9.32. The second kappa shape index (κ2) is 9.50. The van der Waals surface area contributed by atoms with Crippen LogP contribution in [-0.2, 0) is 14.8 Å². The summed E-state index contributed by atoms with van der Waals surface area (Å²) in [4.78, 5) is 12.8. The number of hydrogen-bond acceptors (Lipinski definition) is 4. The molecule has 0 atom stereocenters. The highest BCUT2D eigenvalue weighted by Gasteiger charge is 2.28. The molecule has 0 radical (unpaired) electrons. The molecule has 1 N–H and O–H groups in total. The van der Waals surface area contributed by atoms with Gasteiger partial charge in [0.2, 0.25) is 5.91 Å². The summed E-state index contributed by atoms with van der Waals surface area (Å²) in [7, 11) is -2.47. The molecule has 1 saturated carbocycles. The molecule has 2 aromatic carbocycles. The van der Waals surface area contributed by atoms with Gasteiger partial charge in [-0.2, -0.15) is 0 Å². The fourth-order valence-corrected chi connectivity index (χ4v) is 5.18. The number of nitrogens with one attached hydrogen (secondary N) is 1. The van der Waals surface area contributed by atoms with Crippen molar-refractivity contribution in [3.8, 4) is 5.75 Å². The smallest absolute Gasteiger partial charge is 0.264 e. The van der Waals surface area contributed by atoms with Crippen molar-refractivity contribution in [2.24, 2.45) is 0 Å². The van der Waals surface area contributed by atoms with Crippen LogP contribution in [0.15, 0.2) is 53.4 Å². The highest BCUT2D eigenvalue weighted by Crippen LogP contribution is 2.32. The fraction of sp³-hybridized carbons (Fsp3) is 0.381. The Morgan fingerprint density at radius 2 is 1.83 bits per heavy atom. The second-order valence-electron chi connectivity index (χ2n) is 7.05. The minimum absolute atomic E-state index is 0.0944. The van der Waals surface area contributed by atoms with Gasteiger partial charge in [-0.3, -0.25) is 9.10 Å². The Kier molecular flexibility index (Phi) is 7.03. The molecule has 6 nitrogen and oxygen atoms in total. The number of rotatable bonds is 7. The van der Waals surface area contributed by atoms with Crippen LogP contribution in [0.25, 0.3) is 0 Å². The Balaban J connectivity index is 1.91. The van der Waals surface area contributed by atoms with Crippen LogP contribution in [-0.4, -0.2) is 34.0 Å². The van der Waals surface area contributed by atoms with E-state index in [4.69, 9.17) is 16.3 Å². The van der Waals surface area contributed by atoms with Crippen molar-refractivity contribution in [2.75, 3.05) is 18.0 Å². The number of hydrogen-bond donors (Lipinski definition) is 1. The van der Waals surface area contributed by atoms with E-state index in [1.165, 1.54) is 31.7 Å². The van der Waals surface area contributed by atoms with Crippen molar-refractivity contribution in [3.63, 3.8) is 0 Å². The first-order chi connectivity index (χ1) is 13.9. The SMILES string of the molecule is COc1ccc(N(CC(=O)NC2CCCCC2)S(=O)(=O)c2ccccc2)cc1Cl. The summed E-state index contributed by atoms with van der Waals surface area (Å²) < 4.78 is 32.8. The van der Waals surface area contributed by atoms with Crippen molar-refractivity contribution in [3.05, 3.63) is 53.6 Å². The lowest BCUT2D eigenvalue weighted by Crippen LogP contribution is -2.44. The van der Waals surface area contributed by atoms with E-state index >= 15 is 0 Å². The maximum atomic E-state index is 13.3. The number of methoxy groups -OCH3 is 1. The molecule has 1 fully saturated rings. The molecule has 29 heavy (non-hydrogen) atoms. The van der Waals surface area contributed by atoms with Gasteiger partial charge in [-0.15, -0.1) is 0 Å². The van der Waals surface area contributed by atoms with Crippen LogP contribution >= 0.6 is 11.6 Å². The molecule has 1 aliphatic carbocycles. The summed E-state index contributed by atoms with van der Waals surface area (Å²) in [5, 5.41) is 3.25. The number of carbonyl (C=O) groups excluding carboxylic acids is 1. The molecule has 1 amide bonds. The van der Waals surface area contributed by atoms with E-state index in [1.54, 1.807) is 30.3 Å². The Morgan fingerprint density at radius 3 is 2.45 bits per heavy atom. The summed E-state index contributed by atoms with van der Waals surface area (Å²) in [6.07, 6.45) is 5.17. The van der Waals surface area contributed by atoms with E-state index in [2.05, 4.69) is 5.32 Å². The first kappa shape index (κ1) is 21.5.